The number of aromatic nitrogens is 3. The number of hydrogen-bond acceptors (Lipinski definition) is 3. The van der Waals surface area contributed by atoms with Crippen LogP contribution in [-0.2, 0) is 5.41 Å². The number of halogens is 1. The molecule has 6 heteroatoms. The number of nitrogens with zero attached hydrogens (tertiary/aromatic N) is 4. The van der Waals surface area contributed by atoms with Crippen molar-refractivity contribution in [2.45, 2.75) is 18.3 Å². The van der Waals surface area contributed by atoms with Crippen molar-refractivity contribution < 1.29 is 9.18 Å². The van der Waals surface area contributed by atoms with Crippen LogP contribution in [0.3, 0.4) is 0 Å². The zero-order valence-corrected chi connectivity index (χ0v) is 20.4. The second-order valence-electron chi connectivity index (χ2n) is 10.2. The van der Waals surface area contributed by atoms with Crippen molar-refractivity contribution in [3.05, 3.63) is 126 Å². The summed E-state index contributed by atoms with van der Waals surface area (Å²) in [5.74, 6) is 0.451. The zero-order valence-electron chi connectivity index (χ0n) is 20.4. The summed E-state index contributed by atoms with van der Waals surface area (Å²) >= 11 is 0. The summed E-state index contributed by atoms with van der Waals surface area (Å²) in [6.45, 7) is 3.53. The molecule has 5 nitrogen and oxygen atoms in total. The third-order valence-corrected chi connectivity index (χ3v) is 8.22. The first-order valence-electron chi connectivity index (χ1n) is 12.6. The highest BCUT2D eigenvalue weighted by molar-refractivity contribution is 5.95. The van der Waals surface area contributed by atoms with Crippen molar-refractivity contribution in [3.8, 4) is 5.69 Å². The highest BCUT2D eigenvalue weighted by atomic mass is 19.1. The van der Waals surface area contributed by atoms with Crippen molar-refractivity contribution >= 4 is 16.8 Å². The maximum Gasteiger partial charge on any atom is 0.253 e. The molecular weight excluding hydrogens is 463 g/mol. The number of piperidine rings is 1. The number of pyridine rings is 1. The normalized spacial score (nSPS) is 22.3. The van der Waals surface area contributed by atoms with Crippen LogP contribution in [0, 0.1) is 18.7 Å². The number of carbonyl (C=O) groups is 1. The lowest BCUT2D eigenvalue weighted by Crippen LogP contribution is -2.34. The van der Waals surface area contributed by atoms with Crippen molar-refractivity contribution in [1.82, 2.24) is 19.7 Å². The van der Waals surface area contributed by atoms with Crippen LogP contribution in [0.2, 0.25) is 0 Å². The van der Waals surface area contributed by atoms with E-state index in [9.17, 15) is 9.18 Å². The minimum Gasteiger partial charge on any atom is -0.337 e. The van der Waals surface area contributed by atoms with Crippen LogP contribution in [0.15, 0.2) is 97.5 Å². The molecule has 0 unspecified atom stereocenters. The second-order valence-corrected chi connectivity index (χ2v) is 10.2. The van der Waals surface area contributed by atoms with Gasteiger partial charge in [0, 0.05) is 47.8 Å². The highest BCUT2D eigenvalue weighted by Gasteiger charge is 2.71. The van der Waals surface area contributed by atoms with Crippen LogP contribution < -0.4 is 0 Å². The molecule has 2 aliphatic rings. The Morgan fingerprint density at radius 1 is 1.00 bits per heavy atom. The summed E-state index contributed by atoms with van der Waals surface area (Å²) < 4.78 is 15.3. The maximum atomic E-state index is 13.5. The number of amides is 1. The van der Waals surface area contributed by atoms with E-state index in [2.05, 4.69) is 35.2 Å². The van der Waals surface area contributed by atoms with Crippen LogP contribution in [0.5, 0.6) is 0 Å². The quantitative estimate of drug-likeness (QED) is 0.327. The Kier molecular flexibility index (Phi) is 4.80. The zero-order chi connectivity index (χ0) is 25.1. The first-order chi connectivity index (χ1) is 18.1. The van der Waals surface area contributed by atoms with Gasteiger partial charge in [0.25, 0.3) is 5.91 Å². The predicted octanol–water partition coefficient (Wildman–Crippen LogP) is 5.68. The molecule has 2 fully saturated rings. The van der Waals surface area contributed by atoms with Crippen molar-refractivity contribution in [3.63, 3.8) is 0 Å². The number of rotatable bonds is 4. The SMILES string of the molecule is Cc1cc2c(cnn2-c2ccc(F)cc2)cc1[C@]12CN(C(=O)c3ccccc3)C[C@H]1[C@@H]2c1cccnc1. The van der Waals surface area contributed by atoms with Gasteiger partial charge in [-0.3, -0.25) is 9.78 Å². The van der Waals surface area contributed by atoms with E-state index in [-0.39, 0.29) is 17.1 Å². The number of fused-ring (bicyclic) bond motifs is 2. The standard InChI is InChI=1S/C31H25FN4O/c1-20-14-28-23(17-34-36(28)25-11-9-24(32)10-12-25)15-26(20)31-19-35(30(37)21-6-3-2-4-7-21)18-27(31)29(31)22-8-5-13-33-16-22/h2-17,27,29H,18-19H2,1H3/t27-,29-,31+/m0/s1. The van der Waals surface area contributed by atoms with Gasteiger partial charge < -0.3 is 4.90 Å². The third kappa shape index (κ3) is 3.32. The van der Waals surface area contributed by atoms with E-state index >= 15 is 0 Å². The molecule has 1 aliphatic carbocycles. The first-order valence-corrected chi connectivity index (χ1v) is 12.6. The lowest BCUT2D eigenvalue weighted by atomic mass is 9.86. The molecule has 3 atom stereocenters. The molecule has 2 aromatic heterocycles. The van der Waals surface area contributed by atoms with E-state index in [0.717, 1.165) is 28.7 Å². The minimum atomic E-state index is -0.269. The Balaban J connectivity index is 1.31. The van der Waals surface area contributed by atoms with Gasteiger partial charge in [-0.25, -0.2) is 9.07 Å². The van der Waals surface area contributed by atoms with Gasteiger partial charge in [-0.2, -0.15) is 5.10 Å². The minimum absolute atomic E-state index is 0.0833. The fourth-order valence-corrected chi connectivity index (χ4v) is 6.55. The molecule has 0 radical (unpaired) electrons. The van der Waals surface area contributed by atoms with E-state index in [4.69, 9.17) is 0 Å². The Labute approximate surface area is 214 Å². The fourth-order valence-electron chi connectivity index (χ4n) is 6.55. The van der Waals surface area contributed by atoms with E-state index in [1.54, 1.807) is 18.3 Å². The van der Waals surface area contributed by atoms with Crippen LogP contribution >= 0.6 is 0 Å². The Morgan fingerprint density at radius 2 is 1.81 bits per heavy atom. The lowest BCUT2D eigenvalue weighted by molar-refractivity contribution is 0.0769. The average molecular weight is 489 g/mol. The Bertz CT molecular complexity index is 1630. The third-order valence-electron chi connectivity index (χ3n) is 8.22. The summed E-state index contributed by atoms with van der Waals surface area (Å²) in [6, 6.07) is 24.5. The molecule has 182 valence electrons. The largest absolute Gasteiger partial charge is 0.337 e. The first kappa shape index (κ1) is 21.9. The maximum absolute atomic E-state index is 13.5. The molecule has 1 saturated carbocycles. The molecule has 0 spiro atoms. The van der Waals surface area contributed by atoms with Gasteiger partial charge in [0.15, 0.2) is 0 Å². The fraction of sp³-hybridized carbons (Fsp3) is 0.194. The topological polar surface area (TPSA) is 51.0 Å². The van der Waals surface area contributed by atoms with E-state index in [1.165, 1.54) is 28.8 Å². The van der Waals surface area contributed by atoms with Gasteiger partial charge in [0.05, 0.1) is 17.4 Å². The van der Waals surface area contributed by atoms with Gasteiger partial charge in [0.2, 0.25) is 0 Å². The smallest absolute Gasteiger partial charge is 0.253 e. The molecular formula is C31H25FN4O. The molecule has 3 aromatic carbocycles. The Hall–Kier alpha value is -4.32. The molecule has 7 rings (SSSR count). The summed E-state index contributed by atoms with van der Waals surface area (Å²) in [6.07, 6.45) is 5.64. The van der Waals surface area contributed by atoms with Crippen LogP contribution in [-0.4, -0.2) is 38.7 Å². The number of aryl methyl sites for hydroxylation is 1. The molecule has 37 heavy (non-hydrogen) atoms. The number of carbonyl (C=O) groups excluding carboxylic acids is 1. The van der Waals surface area contributed by atoms with Gasteiger partial charge in [-0.05, 0) is 84.1 Å². The van der Waals surface area contributed by atoms with Gasteiger partial charge in [-0.1, -0.05) is 24.3 Å². The van der Waals surface area contributed by atoms with Gasteiger partial charge >= 0.3 is 0 Å². The van der Waals surface area contributed by atoms with Crippen molar-refractivity contribution in [1.29, 1.82) is 0 Å². The number of likely N-dealkylation sites (tertiary alicyclic amines) is 1. The lowest BCUT2D eigenvalue weighted by Gasteiger charge is -2.26. The van der Waals surface area contributed by atoms with Crippen LogP contribution in [0.25, 0.3) is 16.6 Å². The summed E-state index contributed by atoms with van der Waals surface area (Å²) in [4.78, 5) is 19.8. The van der Waals surface area contributed by atoms with Crippen molar-refractivity contribution in [2.24, 2.45) is 5.92 Å². The molecule has 1 saturated heterocycles. The number of benzene rings is 3. The van der Waals surface area contributed by atoms with Crippen molar-refractivity contribution in [2.75, 3.05) is 13.1 Å². The van der Waals surface area contributed by atoms with Crippen LogP contribution in [0.4, 0.5) is 4.39 Å². The van der Waals surface area contributed by atoms with E-state index in [0.29, 0.717) is 18.4 Å². The molecule has 0 bridgehead atoms. The van der Waals surface area contributed by atoms with Crippen LogP contribution in [0.1, 0.15) is 33.0 Å². The summed E-state index contributed by atoms with van der Waals surface area (Å²) in [5.41, 5.74) is 6.02. The predicted molar refractivity (Wildman–Crippen MR) is 140 cm³/mol. The average Bonchev–Trinajstić information content (AvgIpc) is 3.19. The van der Waals surface area contributed by atoms with E-state index < -0.39 is 0 Å². The summed E-state index contributed by atoms with van der Waals surface area (Å²) in [7, 11) is 0. The van der Waals surface area contributed by atoms with Gasteiger partial charge in [-0.15, -0.1) is 0 Å². The monoisotopic (exact) mass is 488 g/mol. The molecule has 5 aromatic rings. The summed E-state index contributed by atoms with van der Waals surface area (Å²) in [5, 5.41) is 5.65. The van der Waals surface area contributed by atoms with Gasteiger partial charge in [0.1, 0.15) is 5.82 Å². The van der Waals surface area contributed by atoms with E-state index in [1.807, 2.05) is 58.4 Å². The molecule has 1 amide bonds. The second kappa shape index (κ2) is 8.10. The molecule has 3 heterocycles. The number of hydrogen-bond donors (Lipinski definition) is 0. The molecule has 1 aliphatic heterocycles. The Morgan fingerprint density at radius 3 is 2.57 bits per heavy atom. The highest BCUT2D eigenvalue weighted by Crippen LogP contribution is 2.69. The molecule has 0 N–H and O–H groups in total.